The molecule has 0 saturated carbocycles. The number of nitrogens with zero attached hydrogens (tertiary/aromatic N) is 3. The molecular formula is C14H27N3O2S. The molecule has 1 heterocycles. The van der Waals surface area contributed by atoms with E-state index >= 15 is 0 Å². The van der Waals surface area contributed by atoms with Gasteiger partial charge in [-0.25, -0.2) is 13.4 Å². The Hall–Kier alpha value is -0.880. The summed E-state index contributed by atoms with van der Waals surface area (Å²) in [5.41, 5.74) is 0.751. The molecule has 1 atom stereocenters. The molecule has 0 spiro atoms. The van der Waals surface area contributed by atoms with Crippen molar-refractivity contribution in [2.45, 2.75) is 52.6 Å². The van der Waals surface area contributed by atoms with Crippen LogP contribution in [0.4, 0.5) is 0 Å². The summed E-state index contributed by atoms with van der Waals surface area (Å²) in [7, 11) is -1.51. The molecular weight excluding hydrogens is 274 g/mol. The van der Waals surface area contributed by atoms with Crippen molar-refractivity contribution in [2.24, 2.45) is 5.92 Å². The van der Waals surface area contributed by atoms with Gasteiger partial charge in [-0.15, -0.1) is 0 Å². The Balaban J connectivity index is 2.80. The number of aryl methyl sites for hydroxylation is 1. The van der Waals surface area contributed by atoms with Gasteiger partial charge in [0.2, 0.25) is 10.0 Å². The van der Waals surface area contributed by atoms with E-state index in [0.717, 1.165) is 25.1 Å². The summed E-state index contributed by atoms with van der Waals surface area (Å²) in [6, 6.07) is 0. The van der Waals surface area contributed by atoms with Gasteiger partial charge in [-0.3, -0.25) is 0 Å². The summed E-state index contributed by atoms with van der Waals surface area (Å²) >= 11 is 0. The molecule has 116 valence electrons. The summed E-state index contributed by atoms with van der Waals surface area (Å²) in [5, 5.41) is 0. The molecule has 0 N–H and O–H groups in total. The van der Waals surface area contributed by atoms with Crippen LogP contribution in [-0.2, 0) is 16.6 Å². The molecule has 0 aliphatic carbocycles. The Labute approximate surface area is 123 Å². The van der Waals surface area contributed by atoms with Crippen molar-refractivity contribution in [3.8, 4) is 0 Å². The van der Waals surface area contributed by atoms with Crippen LogP contribution < -0.4 is 0 Å². The second kappa shape index (κ2) is 6.26. The van der Waals surface area contributed by atoms with Crippen molar-refractivity contribution >= 4 is 10.0 Å². The molecule has 1 unspecified atom stereocenters. The topological polar surface area (TPSA) is 55.2 Å². The van der Waals surface area contributed by atoms with Crippen molar-refractivity contribution in [3.63, 3.8) is 0 Å². The SMILES string of the molecule is CCC(Cn1cncc1C)CC(C)(C)N(C)S(C)(=O)=O. The number of imidazole rings is 1. The highest BCUT2D eigenvalue weighted by Gasteiger charge is 2.32. The maximum absolute atomic E-state index is 11.7. The second-order valence-corrected chi connectivity index (χ2v) is 8.22. The third-order valence-corrected chi connectivity index (χ3v) is 5.58. The smallest absolute Gasteiger partial charge is 0.211 e. The first kappa shape index (κ1) is 17.2. The van der Waals surface area contributed by atoms with Crippen LogP contribution in [0.5, 0.6) is 0 Å². The first-order valence-electron chi connectivity index (χ1n) is 6.98. The Kier molecular flexibility index (Phi) is 5.38. The zero-order chi connectivity index (χ0) is 15.6. The molecule has 0 aliphatic heterocycles. The van der Waals surface area contributed by atoms with Gasteiger partial charge >= 0.3 is 0 Å². The minimum Gasteiger partial charge on any atom is -0.335 e. The predicted molar refractivity (Wildman–Crippen MR) is 82.0 cm³/mol. The van der Waals surface area contributed by atoms with E-state index in [4.69, 9.17) is 0 Å². The van der Waals surface area contributed by atoms with E-state index in [1.807, 2.05) is 33.3 Å². The Morgan fingerprint density at radius 2 is 2.05 bits per heavy atom. The predicted octanol–water partition coefficient (Wildman–Crippen LogP) is 2.28. The highest BCUT2D eigenvalue weighted by molar-refractivity contribution is 7.88. The van der Waals surface area contributed by atoms with Crippen molar-refractivity contribution in [3.05, 3.63) is 18.2 Å². The quantitative estimate of drug-likeness (QED) is 0.776. The largest absolute Gasteiger partial charge is 0.335 e. The summed E-state index contributed by atoms with van der Waals surface area (Å²) in [6.07, 6.45) is 6.78. The Morgan fingerprint density at radius 1 is 1.45 bits per heavy atom. The Morgan fingerprint density at radius 3 is 2.45 bits per heavy atom. The summed E-state index contributed by atoms with van der Waals surface area (Å²) in [6.45, 7) is 9.03. The van der Waals surface area contributed by atoms with Gasteiger partial charge in [0, 0.05) is 31.0 Å². The highest BCUT2D eigenvalue weighted by Crippen LogP contribution is 2.27. The van der Waals surface area contributed by atoms with E-state index in [0.29, 0.717) is 5.92 Å². The van der Waals surface area contributed by atoms with E-state index in [9.17, 15) is 8.42 Å². The highest BCUT2D eigenvalue weighted by atomic mass is 32.2. The van der Waals surface area contributed by atoms with Crippen molar-refractivity contribution in [2.75, 3.05) is 13.3 Å². The molecule has 0 amide bonds. The van der Waals surface area contributed by atoms with Crippen LogP contribution in [0.25, 0.3) is 0 Å². The number of hydrogen-bond acceptors (Lipinski definition) is 3. The minimum absolute atomic E-state index is 0.386. The molecule has 0 fully saturated rings. The molecule has 5 nitrogen and oxygen atoms in total. The standard InChI is InChI=1S/C14H27N3O2S/c1-7-13(10-17-11-15-9-12(17)2)8-14(3,4)16(5)20(6,18)19/h9,11,13H,7-8,10H2,1-6H3. The van der Waals surface area contributed by atoms with Crippen LogP contribution in [0.1, 0.15) is 39.3 Å². The molecule has 1 aromatic heterocycles. The molecule has 6 heteroatoms. The van der Waals surface area contributed by atoms with E-state index in [-0.39, 0.29) is 5.54 Å². The number of hydrogen-bond donors (Lipinski definition) is 0. The van der Waals surface area contributed by atoms with Gasteiger partial charge in [0.15, 0.2) is 0 Å². The fraction of sp³-hybridized carbons (Fsp3) is 0.786. The van der Waals surface area contributed by atoms with Crippen LogP contribution in [0.2, 0.25) is 0 Å². The average molecular weight is 301 g/mol. The lowest BCUT2D eigenvalue weighted by Gasteiger charge is -2.36. The van der Waals surface area contributed by atoms with Gasteiger partial charge in [0.05, 0.1) is 12.6 Å². The van der Waals surface area contributed by atoms with Gasteiger partial charge in [0.25, 0.3) is 0 Å². The first-order valence-corrected chi connectivity index (χ1v) is 8.83. The van der Waals surface area contributed by atoms with Crippen molar-refractivity contribution in [1.29, 1.82) is 0 Å². The molecule has 20 heavy (non-hydrogen) atoms. The van der Waals surface area contributed by atoms with Crippen LogP contribution in [-0.4, -0.2) is 41.1 Å². The summed E-state index contributed by atoms with van der Waals surface area (Å²) in [4.78, 5) is 4.14. The normalized spacial score (nSPS) is 14.8. The number of rotatable bonds is 7. The Bertz CT molecular complexity index is 534. The summed E-state index contributed by atoms with van der Waals surface area (Å²) in [5.74, 6) is 0.419. The maximum atomic E-state index is 11.7. The number of aromatic nitrogens is 2. The fourth-order valence-electron chi connectivity index (χ4n) is 2.48. The number of sulfonamides is 1. The molecule has 0 aliphatic rings. The first-order chi connectivity index (χ1) is 9.08. The third kappa shape index (κ3) is 4.31. The minimum atomic E-state index is -3.17. The maximum Gasteiger partial charge on any atom is 0.211 e. The lowest BCUT2D eigenvalue weighted by molar-refractivity contribution is 0.198. The third-order valence-electron chi connectivity index (χ3n) is 4.09. The lowest BCUT2D eigenvalue weighted by atomic mass is 9.89. The molecule has 1 aromatic rings. The molecule has 0 saturated heterocycles. The monoisotopic (exact) mass is 301 g/mol. The van der Waals surface area contributed by atoms with E-state index in [1.165, 1.54) is 10.6 Å². The molecule has 0 aromatic carbocycles. The van der Waals surface area contributed by atoms with Gasteiger partial charge in [-0.1, -0.05) is 13.3 Å². The fourth-order valence-corrected chi connectivity index (χ4v) is 3.45. The summed E-state index contributed by atoms with van der Waals surface area (Å²) < 4.78 is 27.1. The van der Waals surface area contributed by atoms with Crippen LogP contribution in [0.3, 0.4) is 0 Å². The van der Waals surface area contributed by atoms with E-state index < -0.39 is 10.0 Å². The van der Waals surface area contributed by atoms with Crippen molar-refractivity contribution < 1.29 is 8.42 Å². The zero-order valence-electron chi connectivity index (χ0n) is 13.4. The lowest BCUT2D eigenvalue weighted by Crippen LogP contribution is -2.46. The van der Waals surface area contributed by atoms with Crippen molar-refractivity contribution in [1.82, 2.24) is 13.9 Å². The zero-order valence-corrected chi connectivity index (χ0v) is 14.2. The van der Waals surface area contributed by atoms with Gasteiger partial charge in [-0.2, -0.15) is 4.31 Å². The van der Waals surface area contributed by atoms with Gasteiger partial charge < -0.3 is 4.57 Å². The van der Waals surface area contributed by atoms with Crippen LogP contribution in [0.15, 0.2) is 12.5 Å². The van der Waals surface area contributed by atoms with E-state index in [1.54, 1.807) is 7.05 Å². The molecule has 0 radical (unpaired) electrons. The van der Waals surface area contributed by atoms with E-state index in [2.05, 4.69) is 16.5 Å². The molecule has 1 rings (SSSR count). The van der Waals surface area contributed by atoms with Crippen LogP contribution >= 0.6 is 0 Å². The second-order valence-electron chi connectivity index (χ2n) is 6.21. The average Bonchev–Trinajstić information content (AvgIpc) is 2.71. The molecule has 0 bridgehead atoms. The van der Waals surface area contributed by atoms with Gasteiger partial charge in [-0.05, 0) is 33.1 Å². The van der Waals surface area contributed by atoms with Gasteiger partial charge in [0.1, 0.15) is 0 Å². The van der Waals surface area contributed by atoms with Crippen LogP contribution in [0, 0.1) is 12.8 Å².